The molecule has 0 aliphatic heterocycles. The number of alkyl halides is 1. The summed E-state index contributed by atoms with van der Waals surface area (Å²) >= 11 is 2.27. The van der Waals surface area contributed by atoms with Gasteiger partial charge in [-0.1, -0.05) is 34.7 Å². The van der Waals surface area contributed by atoms with Crippen LogP contribution in [0.15, 0.2) is 36.4 Å². The number of carboxylic acid groups (broad SMARTS) is 1. The summed E-state index contributed by atoms with van der Waals surface area (Å²) in [7, 11) is 0. The minimum Gasteiger partial charge on any atom is -0.493 e. The molecule has 2 rings (SSSR count). The lowest BCUT2D eigenvalue weighted by molar-refractivity contribution is 0.0692. The number of carbonyl (C=O) groups is 1. The highest BCUT2D eigenvalue weighted by Gasteiger charge is 2.13. The van der Waals surface area contributed by atoms with Gasteiger partial charge in [0.15, 0.2) is 0 Å². The maximum absolute atomic E-state index is 11.3. The van der Waals surface area contributed by atoms with Gasteiger partial charge in [-0.2, -0.15) is 0 Å². The number of aryl methyl sites for hydroxylation is 1. The fraction of sp³-hybridized carbons (Fsp3) is 0.278. The van der Waals surface area contributed by atoms with Crippen LogP contribution in [-0.4, -0.2) is 28.7 Å². The summed E-state index contributed by atoms with van der Waals surface area (Å²) in [4.78, 5) is 11.3. The van der Waals surface area contributed by atoms with E-state index in [2.05, 4.69) is 22.6 Å². The van der Waals surface area contributed by atoms with E-state index in [0.29, 0.717) is 19.0 Å². The molecule has 2 aromatic rings. The van der Waals surface area contributed by atoms with Crippen LogP contribution in [-0.2, 0) is 0 Å². The molecule has 4 nitrogen and oxygen atoms in total. The Morgan fingerprint density at radius 2 is 1.96 bits per heavy atom. The van der Waals surface area contributed by atoms with Crippen LogP contribution in [0.4, 0.5) is 0 Å². The van der Waals surface area contributed by atoms with Gasteiger partial charge in [-0.3, -0.25) is 0 Å². The summed E-state index contributed by atoms with van der Waals surface area (Å²) < 4.78 is 12.0. The summed E-state index contributed by atoms with van der Waals surface area (Å²) in [5.41, 5.74) is 3.21. The normalized spacial score (nSPS) is 10.4. The summed E-state index contributed by atoms with van der Waals surface area (Å²) in [6, 6.07) is 11.1. The van der Waals surface area contributed by atoms with Crippen molar-refractivity contribution in [1.82, 2.24) is 0 Å². The van der Waals surface area contributed by atoms with Gasteiger partial charge in [-0.25, -0.2) is 4.79 Å². The fourth-order valence-corrected chi connectivity index (χ4v) is 2.57. The van der Waals surface area contributed by atoms with Gasteiger partial charge in [-0.15, -0.1) is 0 Å². The van der Waals surface area contributed by atoms with Crippen molar-refractivity contribution in [3.8, 4) is 22.6 Å². The summed E-state index contributed by atoms with van der Waals surface area (Å²) in [5.74, 6) is 0.247. The third kappa shape index (κ3) is 4.37. The molecule has 0 saturated carbocycles. The van der Waals surface area contributed by atoms with Gasteiger partial charge in [-0.05, 0) is 54.8 Å². The highest BCUT2D eigenvalue weighted by molar-refractivity contribution is 14.1. The summed E-state index contributed by atoms with van der Waals surface area (Å²) in [6.45, 7) is 4.95. The van der Waals surface area contributed by atoms with Crippen molar-refractivity contribution >= 4 is 28.6 Å². The van der Waals surface area contributed by atoms with E-state index in [1.54, 1.807) is 18.2 Å². The van der Waals surface area contributed by atoms with Crippen molar-refractivity contribution < 1.29 is 19.4 Å². The second-order valence-electron chi connectivity index (χ2n) is 4.96. The predicted octanol–water partition coefficient (Wildman–Crippen LogP) is 4.57. The van der Waals surface area contributed by atoms with Crippen molar-refractivity contribution in [2.24, 2.45) is 0 Å². The zero-order chi connectivity index (χ0) is 16.8. The van der Waals surface area contributed by atoms with Crippen molar-refractivity contribution in [1.29, 1.82) is 0 Å². The predicted molar refractivity (Wildman–Crippen MR) is 99.1 cm³/mol. The van der Waals surface area contributed by atoms with E-state index in [-0.39, 0.29) is 5.56 Å². The Hall–Kier alpha value is -1.76. The van der Waals surface area contributed by atoms with Gasteiger partial charge in [0.1, 0.15) is 17.1 Å². The molecule has 122 valence electrons. The largest absolute Gasteiger partial charge is 0.493 e. The van der Waals surface area contributed by atoms with E-state index in [1.165, 1.54) is 0 Å². The second-order valence-corrected chi connectivity index (χ2v) is 6.04. The highest BCUT2D eigenvalue weighted by atomic mass is 127. The number of halogens is 1. The number of ether oxygens (including phenoxy) is 2. The molecule has 0 amide bonds. The zero-order valence-corrected chi connectivity index (χ0v) is 15.3. The Kier molecular flexibility index (Phi) is 6.27. The summed E-state index contributed by atoms with van der Waals surface area (Å²) in [6.07, 6.45) is 0. The minimum atomic E-state index is -0.987. The molecule has 23 heavy (non-hydrogen) atoms. The molecule has 0 aliphatic carbocycles. The summed E-state index contributed by atoms with van der Waals surface area (Å²) in [5, 5.41) is 9.23. The number of aromatic carboxylic acids is 1. The lowest BCUT2D eigenvalue weighted by Gasteiger charge is -2.13. The van der Waals surface area contributed by atoms with Gasteiger partial charge in [0.25, 0.3) is 0 Å². The molecular weight excluding hydrogens is 407 g/mol. The van der Waals surface area contributed by atoms with Crippen LogP contribution < -0.4 is 9.47 Å². The fourth-order valence-electron chi connectivity index (χ4n) is 2.35. The van der Waals surface area contributed by atoms with Gasteiger partial charge in [0, 0.05) is 4.43 Å². The first kappa shape index (κ1) is 17.6. The Morgan fingerprint density at radius 1 is 1.17 bits per heavy atom. The van der Waals surface area contributed by atoms with E-state index in [4.69, 9.17) is 9.47 Å². The molecule has 0 saturated heterocycles. The number of hydrogen-bond acceptors (Lipinski definition) is 3. The van der Waals surface area contributed by atoms with Gasteiger partial charge >= 0.3 is 5.97 Å². The maximum atomic E-state index is 11.3. The first-order valence-electron chi connectivity index (χ1n) is 7.36. The molecule has 0 aromatic heterocycles. The lowest BCUT2D eigenvalue weighted by Crippen LogP contribution is -2.03. The first-order chi connectivity index (χ1) is 11.1. The zero-order valence-electron chi connectivity index (χ0n) is 13.1. The van der Waals surface area contributed by atoms with Crippen molar-refractivity contribution in [2.45, 2.75) is 13.8 Å². The smallest absolute Gasteiger partial charge is 0.339 e. The molecule has 0 aliphatic rings. The average molecular weight is 426 g/mol. The van der Waals surface area contributed by atoms with Gasteiger partial charge < -0.3 is 14.6 Å². The van der Waals surface area contributed by atoms with Crippen molar-refractivity contribution in [3.63, 3.8) is 0 Å². The third-order valence-corrected chi connectivity index (χ3v) is 3.81. The monoisotopic (exact) mass is 426 g/mol. The van der Waals surface area contributed by atoms with E-state index < -0.39 is 5.97 Å². The van der Waals surface area contributed by atoms with E-state index in [1.807, 2.05) is 32.0 Å². The molecule has 0 fully saturated rings. The van der Waals surface area contributed by atoms with Crippen LogP contribution in [0.25, 0.3) is 11.1 Å². The Balaban J connectivity index is 2.38. The first-order valence-corrected chi connectivity index (χ1v) is 8.89. The van der Waals surface area contributed by atoms with Crippen molar-refractivity contribution in [3.05, 3.63) is 47.5 Å². The highest BCUT2D eigenvalue weighted by Crippen LogP contribution is 2.31. The van der Waals surface area contributed by atoms with Crippen LogP contribution in [0.3, 0.4) is 0 Å². The Morgan fingerprint density at radius 3 is 2.57 bits per heavy atom. The molecule has 0 radical (unpaired) electrons. The number of hydrogen-bond donors (Lipinski definition) is 1. The second kappa shape index (κ2) is 8.19. The topological polar surface area (TPSA) is 55.8 Å². The van der Waals surface area contributed by atoms with E-state index in [9.17, 15) is 9.90 Å². The molecule has 0 spiro atoms. The van der Waals surface area contributed by atoms with Crippen LogP contribution >= 0.6 is 22.6 Å². The lowest BCUT2D eigenvalue weighted by atomic mass is 9.98. The number of rotatable bonds is 7. The molecule has 0 bridgehead atoms. The average Bonchev–Trinajstić information content (AvgIpc) is 2.53. The van der Waals surface area contributed by atoms with Gasteiger partial charge in [0.05, 0.1) is 13.2 Å². The SMILES string of the molecule is CCOc1cc(-c2ccc(OCCI)cc2C)ccc1C(=O)O. The molecule has 2 aromatic carbocycles. The minimum absolute atomic E-state index is 0.176. The Bertz CT molecular complexity index is 697. The van der Waals surface area contributed by atoms with E-state index in [0.717, 1.165) is 26.9 Å². The molecule has 5 heteroatoms. The molecule has 0 atom stereocenters. The van der Waals surface area contributed by atoms with Crippen LogP contribution in [0, 0.1) is 6.92 Å². The standard InChI is InChI=1S/C18H19IO4/c1-3-22-17-11-13(4-6-16(17)18(20)21)15-7-5-14(10-12(15)2)23-9-8-19/h4-7,10-11H,3,8-9H2,1-2H3,(H,20,21). The number of carboxylic acids is 1. The molecule has 1 N–H and O–H groups in total. The van der Waals surface area contributed by atoms with Crippen molar-refractivity contribution in [2.75, 3.05) is 17.6 Å². The number of benzene rings is 2. The maximum Gasteiger partial charge on any atom is 0.339 e. The molecular formula is C18H19IO4. The van der Waals surface area contributed by atoms with Gasteiger partial charge in [0.2, 0.25) is 0 Å². The van der Waals surface area contributed by atoms with E-state index >= 15 is 0 Å². The van der Waals surface area contributed by atoms with Crippen LogP contribution in [0.2, 0.25) is 0 Å². The van der Waals surface area contributed by atoms with Crippen LogP contribution in [0.5, 0.6) is 11.5 Å². The quantitative estimate of drug-likeness (QED) is 0.521. The molecule has 0 unspecified atom stereocenters. The molecule has 0 heterocycles. The third-order valence-electron chi connectivity index (χ3n) is 3.37. The Labute approximate surface area is 149 Å². The van der Waals surface area contributed by atoms with Crippen LogP contribution in [0.1, 0.15) is 22.8 Å².